The Morgan fingerprint density at radius 2 is 1.77 bits per heavy atom. The molecule has 1 N–H and O–H groups in total. The largest absolute Gasteiger partial charge is 0.480 e. The Morgan fingerprint density at radius 1 is 1.12 bits per heavy atom. The van der Waals surface area contributed by atoms with Gasteiger partial charge in [-0.25, -0.2) is 9.18 Å². The van der Waals surface area contributed by atoms with Gasteiger partial charge in [-0.3, -0.25) is 4.79 Å². The fourth-order valence-electron chi connectivity index (χ4n) is 2.15. The smallest absolute Gasteiger partial charge is 0.344 e. The van der Waals surface area contributed by atoms with Crippen molar-refractivity contribution >= 4 is 23.5 Å². The summed E-state index contributed by atoms with van der Waals surface area (Å²) in [4.78, 5) is 24.0. The van der Waals surface area contributed by atoms with Crippen LogP contribution in [0.2, 0.25) is 5.02 Å². The third-order valence-electron chi connectivity index (χ3n) is 3.59. The Kier molecular flexibility index (Phi) is 6.97. The van der Waals surface area contributed by atoms with Gasteiger partial charge in [-0.15, -0.1) is 0 Å². The van der Waals surface area contributed by atoms with Crippen LogP contribution in [0.1, 0.15) is 25.5 Å². The van der Waals surface area contributed by atoms with E-state index < -0.39 is 18.0 Å². The number of halogens is 2. The zero-order chi connectivity index (χ0) is 19.1. The van der Waals surface area contributed by atoms with Crippen molar-refractivity contribution < 1.29 is 23.5 Å². The lowest BCUT2D eigenvalue weighted by Gasteiger charge is -2.18. The minimum absolute atomic E-state index is 0.354. The molecule has 0 heterocycles. The first kappa shape index (κ1) is 19.7. The van der Waals surface area contributed by atoms with Gasteiger partial charge in [0.2, 0.25) is 0 Å². The summed E-state index contributed by atoms with van der Waals surface area (Å²) in [6.45, 7) is 2.84. The van der Waals surface area contributed by atoms with Crippen LogP contribution in [0.5, 0.6) is 5.75 Å². The van der Waals surface area contributed by atoms with E-state index >= 15 is 0 Å². The molecule has 0 saturated carbocycles. The molecular formula is C19H19ClFNO4. The number of carbonyl (C=O) groups excluding carboxylic acids is 2. The molecule has 2 rings (SSSR count). The number of para-hydroxylation sites is 1. The molecule has 26 heavy (non-hydrogen) atoms. The SMILES string of the molecule is CC(OC(=O)COc1ccccc1Cl)C(=O)NC(C)c1ccc(F)cc1. The number of rotatable bonds is 7. The van der Waals surface area contributed by atoms with E-state index in [1.54, 1.807) is 43.3 Å². The van der Waals surface area contributed by atoms with Crippen LogP contribution >= 0.6 is 11.6 Å². The number of carbonyl (C=O) groups is 2. The van der Waals surface area contributed by atoms with Gasteiger partial charge in [-0.2, -0.15) is 0 Å². The van der Waals surface area contributed by atoms with Crippen molar-refractivity contribution in [1.29, 1.82) is 0 Å². The molecule has 5 nitrogen and oxygen atoms in total. The Bertz CT molecular complexity index is 766. The predicted molar refractivity (Wildman–Crippen MR) is 95.5 cm³/mol. The Labute approximate surface area is 156 Å². The minimum Gasteiger partial charge on any atom is -0.480 e. The standard InChI is InChI=1S/C19H19ClFNO4/c1-12(14-7-9-15(21)10-8-14)22-19(24)13(2)26-18(23)11-25-17-6-4-3-5-16(17)20/h3-10,12-13H,11H2,1-2H3,(H,22,24). The maximum Gasteiger partial charge on any atom is 0.344 e. The zero-order valence-electron chi connectivity index (χ0n) is 14.4. The van der Waals surface area contributed by atoms with Crippen molar-refractivity contribution in [2.45, 2.75) is 26.0 Å². The van der Waals surface area contributed by atoms with Crippen molar-refractivity contribution in [2.24, 2.45) is 0 Å². The van der Waals surface area contributed by atoms with Crippen LogP contribution in [0.4, 0.5) is 4.39 Å². The summed E-state index contributed by atoms with van der Waals surface area (Å²) >= 11 is 5.92. The summed E-state index contributed by atoms with van der Waals surface area (Å²) < 4.78 is 23.3. The molecular weight excluding hydrogens is 361 g/mol. The van der Waals surface area contributed by atoms with Crippen LogP contribution in [0.15, 0.2) is 48.5 Å². The van der Waals surface area contributed by atoms with Crippen LogP contribution in [-0.4, -0.2) is 24.6 Å². The average molecular weight is 380 g/mol. The molecule has 0 radical (unpaired) electrons. The molecule has 0 saturated heterocycles. The average Bonchev–Trinajstić information content (AvgIpc) is 2.61. The Balaban J connectivity index is 1.81. The van der Waals surface area contributed by atoms with E-state index in [0.29, 0.717) is 10.8 Å². The number of hydrogen-bond acceptors (Lipinski definition) is 4. The summed E-state index contributed by atoms with van der Waals surface area (Å²) in [5.74, 6) is -1.16. The maximum absolute atomic E-state index is 12.9. The third-order valence-corrected chi connectivity index (χ3v) is 3.90. The molecule has 1 amide bonds. The molecule has 2 aromatic carbocycles. The quantitative estimate of drug-likeness (QED) is 0.745. The number of benzene rings is 2. The summed E-state index contributed by atoms with van der Waals surface area (Å²) in [5.41, 5.74) is 0.736. The molecule has 0 fully saturated rings. The van der Waals surface area contributed by atoms with E-state index in [2.05, 4.69) is 5.32 Å². The van der Waals surface area contributed by atoms with E-state index in [1.165, 1.54) is 19.1 Å². The summed E-state index contributed by atoms with van der Waals surface area (Å²) in [7, 11) is 0. The molecule has 0 aromatic heterocycles. The van der Waals surface area contributed by atoms with Gasteiger partial charge in [-0.05, 0) is 43.7 Å². The van der Waals surface area contributed by atoms with Gasteiger partial charge in [0.05, 0.1) is 11.1 Å². The molecule has 0 aliphatic rings. The lowest BCUT2D eigenvalue weighted by Crippen LogP contribution is -2.38. The van der Waals surface area contributed by atoms with E-state index in [4.69, 9.17) is 21.1 Å². The van der Waals surface area contributed by atoms with Crippen LogP contribution < -0.4 is 10.1 Å². The van der Waals surface area contributed by atoms with Crippen molar-refractivity contribution in [2.75, 3.05) is 6.61 Å². The van der Waals surface area contributed by atoms with Gasteiger partial charge in [0.15, 0.2) is 12.7 Å². The van der Waals surface area contributed by atoms with Crippen LogP contribution in [0.25, 0.3) is 0 Å². The highest BCUT2D eigenvalue weighted by Gasteiger charge is 2.20. The van der Waals surface area contributed by atoms with Gasteiger partial charge in [0.1, 0.15) is 11.6 Å². The minimum atomic E-state index is -1.000. The zero-order valence-corrected chi connectivity index (χ0v) is 15.1. The first-order chi connectivity index (χ1) is 12.4. The number of amides is 1. The van der Waals surface area contributed by atoms with Gasteiger partial charge in [0.25, 0.3) is 5.91 Å². The highest BCUT2D eigenvalue weighted by molar-refractivity contribution is 6.32. The lowest BCUT2D eigenvalue weighted by atomic mass is 10.1. The van der Waals surface area contributed by atoms with Gasteiger partial charge in [0, 0.05) is 0 Å². The van der Waals surface area contributed by atoms with Crippen LogP contribution in [-0.2, 0) is 14.3 Å². The number of nitrogens with one attached hydrogen (secondary N) is 1. The second-order valence-electron chi connectivity index (χ2n) is 5.63. The van der Waals surface area contributed by atoms with Crippen LogP contribution in [0.3, 0.4) is 0 Å². The van der Waals surface area contributed by atoms with Gasteiger partial charge < -0.3 is 14.8 Å². The molecule has 0 aliphatic heterocycles. The van der Waals surface area contributed by atoms with E-state index in [1.807, 2.05) is 0 Å². The van der Waals surface area contributed by atoms with E-state index in [-0.39, 0.29) is 18.5 Å². The first-order valence-corrected chi connectivity index (χ1v) is 8.37. The van der Waals surface area contributed by atoms with E-state index in [9.17, 15) is 14.0 Å². The molecule has 0 aliphatic carbocycles. The molecule has 7 heteroatoms. The third kappa shape index (κ3) is 5.74. The Morgan fingerprint density at radius 3 is 2.42 bits per heavy atom. The molecule has 2 unspecified atom stereocenters. The normalized spacial score (nSPS) is 12.8. The van der Waals surface area contributed by atoms with E-state index in [0.717, 1.165) is 5.56 Å². The number of hydrogen-bond donors (Lipinski definition) is 1. The van der Waals surface area contributed by atoms with Gasteiger partial charge in [-0.1, -0.05) is 35.9 Å². The summed E-state index contributed by atoms with van der Waals surface area (Å²) in [6, 6.07) is 12.1. The molecule has 138 valence electrons. The fraction of sp³-hybridized carbons (Fsp3) is 0.263. The van der Waals surface area contributed by atoms with Crippen molar-refractivity contribution in [3.05, 3.63) is 64.9 Å². The first-order valence-electron chi connectivity index (χ1n) is 7.99. The van der Waals surface area contributed by atoms with Gasteiger partial charge >= 0.3 is 5.97 Å². The molecule has 2 aromatic rings. The number of ether oxygens (including phenoxy) is 2. The maximum atomic E-state index is 12.9. The second-order valence-corrected chi connectivity index (χ2v) is 6.04. The van der Waals surface area contributed by atoms with Crippen molar-refractivity contribution in [1.82, 2.24) is 5.32 Å². The Hall–Kier alpha value is -2.60. The number of esters is 1. The van der Waals surface area contributed by atoms with Crippen LogP contribution in [0, 0.1) is 5.82 Å². The summed E-state index contributed by atoms with van der Waals surface area (Å²) in [6.07, 6.45) is -1.000. The topological polar surface area (TPSA) is 64.6 Å². The molecule has 0 spiro atoms. The van der Waals surface area contributed by atoms with Crippen molar-refractivity contribution in [3.63, 3.8) is 0 Å². The molecule has 2 atom stereocenters. The van der Waals surface area contributed by atoms with Crippen molar-refractivity contribution in [3.8, 4) is 5.75 Å². The monoisotopic (exact) mass is 379 g/mol. The predicted octanol–water partition coefficient (Wildman–Crippen LogP) is 3.67. The summed E-state index contributed by atoms with van der Waals surface area (Å²) in [5, 5.41) is 3.08. The second kappa shape index (κ2) is 9.20. The highest BCUT2D eigenvalue weighted by atomic mass is 35.5. The lowest BCUT2D eigenvalue weighted by molar-refractivity contribution is -0.156. The highest BCUT2D eigenvalue weighted by Crippen LogP contribution is 2.23. The fourth-order valence-corrected chi connectivity index (χ4v) is 2.34. The molecule has 0 bridgehead atoms.